The predicted octanol–water partition coefficient (Wildman–Crippen LogP) is 2.63. The highest BCUT2D eigenvalue weighted by molar-refractivity contribution is 6.35. The van der Waals surface area contributed by atoms with Gasteiger partial charge in [-0.2, -0.15) is 0 Å². The largest absolute Gasteiger partial charge is 0.478 e. The summed E-state index contributed by atoms with van der Waals surface area (Å²) in [5.41, 5.74) is 7.38. The second kappa shape index (κ2) is 4.99. The highest BCUT2D eigenvalue weighted by Crippen LogP contribution is 2.31. The fourth-order valence-corrected chi connectivity index (χ4v) is 2.36. The lowest BCUT2D eigenvalue weighted by Gasteiger charge is -2.08. The van der Waals surface area contributed by atoms with Crippen molar-refractivity contribution in [1.29, 1.82) is 0 Å². The molecule has 3 aromatic rings. The number of hydrogen-bond donors (Lipinski definition) is 2. The van der Waals surface area contributed by atoms with Crippen molar-refractivity contribution in [3.05, 3.63) is 47.2 Å². The van der Waals surface area contributed by atoms with Crippen molar-refractivity contribution in [2.24, 2.45) is 0 Å². The van der Waals surface area contributed by atoms with E-state index in [4.69, 9.17) is 17.3 Å². The van der Waals surface area contributed by atoms with Crippen molar-refractivity contribution in [2.75, 3.05) is 5.73 Å². The van der Waals surface area contributed by atoms with Gasteiger partial charge in [0, 0.05) is 23.3 Å². The Balaban J connectivity index is 2.29. The molecular formula is C14H9ClN4O2. The maximum Gasteiger partial charge on any atom is 0.336 e. The number of carboxylic acids is 1. The number of hydrogen-bond acceptors (Lipinski definition) is 5. The summed E-state index contributed by atoms with van der Waals surface area (Å²) in [5, 5.41) is 18.0. The summed E-state index contributed by atoms with van der Waals surface area (Å²) in [6, 6.07) is 6.47. The van der Waals surface area contributed by atoms with Crippen molar-refractivity contribution in [1.82, 2.24) is 15.2 Å². The summed E-state index contributed by atoms with van der Waals surface area (Å²) >= 11 is 6.19. The number of aromatic carboxylic acids is 1. The van der Waals surface area contributed by atoms with E-state index in [0.717, 1.165) is 0 Å². The smallest absolute Gasteiger partial charge is 0.336 e. The topological polar surface area (TPSA) is 102 Å². The van der Waals surface area contributed by atoms with Gasteiger partial charge in [0.15, 0.2) is 0 Å². The molecule has 1 aromatic carbocycles. The van der Waals surface area contributed by atoms with E-state index in [0.29, 0.717) is 27.1 Å². The van der Waals surface area contributed by atoms with E-state index in [1.54, 1.807) is 18.2 Å². The third kappa shape index (κ3) is 2.36. The Kier molecular flexibility index (Phi) is 3.15. The number of carbonyl (C=O) groups is 1. The van der Waals surface area contributed by atoms with Gasteiger partial charge in [0.1, 0.15) is 11.3 Å². The number of halogens is 1. The SMILES string of the molecule is Nc1cc2cc(-c3cnccc3C(=O)O)cc(Cl)c2nn1. The molecule has 0 spiro atoms. The van der Waals surface area contributed by atoms with Crippen LogP contribution < -0.4 is 5.73 Å². The van der Waals surface area contributed by atoms with E-state index in [-0.39, 0.29) is 11.4 Å². The van der Waals surface area contributed by atoms with Gasteiger partial charge in [0.05, 0.1) is 10.6 Å². The number of nitrogens with zero attached hydrogens (tertiary/aromatic N) is 3. The molecular weight excluding hydrogens is 292 g/mol. The molecule has 0 saturated heterocycles. The zero-order chi connectivity index (χ0) is 15.0. The highest BCUT2D eigenvalue weighted by Gasteiger charge is 2.14. The number of aromatic nitrogens is 3. The summed E-state index contributed by atoms with van der Waals surface area (Å²) in [6.07, 6.45) is 2.91. The monoisotopic (exact) mass is 300 g/mol. The van der Waals surface area contributed by atoms with Crippen LogP contribution in [0.5, 0.6) is 0 Å². The molecule has 21 heavy (non-hydrogen) atoms. The Morgan fingerprint density at radius 2 is 2.05 bits per heavy atom. The highest BCUT2D eigenvalue weighted by atomic mass is 35.5. The second-order valence-electron chi connectivity index (χ2n) is 4.39. The maximum absolute atomic E-state index is 11.3. The Hall–Kier alpha value is -2.73. The molecule has 0 aliphatic rings. The molecule has 0 atom stereocenters. The minimum atomic E-state index is -1.03. The molecule has 0 unspecified atom stereocenters. The fourth-order valence-electron chi connectivity index (χ4n) is 2.10. The van der Waals surface area contributed by atoms with Gasteiger partial charge in [-0.1, -0.05) is 11.6 Å². The quantitative estimate of drug-likeness (QED) is 0.754. The molecule has 7 heteroatoms. The van der Waals surface area contributed by atoms with Crippen LogP contribution in [0.25, 0.3) is 22.0 Å². The Bertz CT molecular complexity index is 867. The first-order chi connectivity index (χ1) is 10.1. The van der Waals surface area contributed by atoms with E-state index in [1.807, 2.05) is 0 Å². The average molecular weight is 301 g/mol. The molecule has 0 saturated carbocycles. The lowest BCUT2D eigenvalue weighted by atomic mass is 10.0. The fraction of sp³-hybridized carbons (Fsp3) is 0. The molecule has 3 N–H and O–H groups in total. The van der Waals surface area contributed by atoms with E-state index < -0.39 is 5.97 Å². The summed E-state index contributed by atoms with van der Waals surface area (Å²) in [4.78, 5) is 15.3. The number of benzene rings is 1. The molecule has 104 valence electrons. The van der Waals surface area contributed by atoms with Gasteiger partial charge in [-0.25, -0.2) is 4.79 Å². The first kappa shape index (κ1) is 13.3. The van der Waals surface area contributed by atoms with Crippen molar-refractivity contribution in [3.63, 3.8) is 0 Å². The van der Waals surface area contributed by atoms with Crippen LogP contribution in [0.3, 0.4) is 0 Å². The first-order valence-corrected chi connectivity index (χ1v) is 6.34. The van der Waals surface area contributed by atoms with Gasteiger partial charge in [-0.15, -0.1) is 10.2 Å². The molecule has 3 rings (SSSR count). The molecule has 0 aliphatic heterocycles. The first-order valence-electron chi connectivity index (χ1n) is 5.96. The Morgan fingerprint density at radius 3 is 2.81 bits per heavy atom. The molecule has 0 bridgehead atoms. The average Bonchev–Trinajstić information content (AvgIpc) is 2.46. The van der Waals surface area contributed by atoms with E-state index >= 15 is 0 Å². The lowest BCUT2D eigenvalue weighted by Crippen LogP contribution is -2.00. The third-order valence-electron chi connectivity index (χ3n) is 3.02. The zero-order valence-electron chi connectivity index (χ0n) is 10.6. The molecule has 2 aromatic heterocycles. The second-order valence-corrected chi connectivity index (χ2v) is 4.80. The summed E-state index contributed by atoms with van der Waals surface area (Å²) in [5.74, 6) is -0.767. The zero-order valence-corrected chi connectivity index (χ0v) is 11.4. The van der Waals surface area contributed by atoms with Gasteiger partial charge < -0.3 is 10.8 Å². The Morgan fingerprint density at radius 1 is 1.24 bits per heavy atom. The number of fused-ring (bicyclic) bond motifs is 1. The van der Waals surface area contributed by atoms with Crippen LogP contribution in [-0.4, -0.2) is 26.3 Å². The van der Waals surface area contributed by atoms with Crippen LogP contribution in [-0.2, 0) is 0 Å². The van der Waals surface area contributed by atoms with Crippen molar-refractivity contribution in [2.45, 2.75) is 0 Å². The number of carboxylic acid groups (broad SMARTS) is 1. The minimum absolute atomic E-state index is 0.149. The molecule has 0 aliphatic carbocycles. The molecule has 0 fully saturated rings. The van der Waals surface area contributed by atoms with Gasteiger partial charge >= 0.3 is 5.97 Å². The number of nitrogen functional groups attached to an aromatic ring is 1. The Labute approximate surface area is 124 Å². The van der Waals surface area contributed by atoms with Crippen LogP contribution in [0.1, 0.15) is 10.4 Å². The molecule has 0 radical (unpaired) electrons. The summed E-state index contributed by atoms with van der Waals surface area (Å²) in [6.45, 7) is 0. The van der Waals surface area contributed by atoms with Gasteiger partial charge in [0.25, 0.3) is 0 Å². The predicted molar refractivity (Wildman–Crippen MR) is 79.2 cm³/mol. The van der Waals surface area contributed by atoms with Gasteiger partial charge in [-0.05, 0) is 29.8 Å². The summed E-state index contributed by atoms with van der Waals surface area (Å²) in [7, 11) is 0. The molecule has 2 heterocycles. The number of nitrogens with two attached hydrogens (primary N) is 1. The van der Waals surface area contributed by atoms with Crippen LogP contribution in [0.15, 0.2) is 36.7 Å². The van der Waals surface area contributed by atoms with Crippen molar-refractivity contribution >= 4 is 34.3 Å². The van der Waals surface area contributed by atoms with E-state index in [1.165, 1.54) is 18.5 Å². The van der Waals surface area contributed by atoms with Crippen LogP contribution in [0.4, 0.5) is 5.82 Å². The third-order valence-corrected chi connectivity index (χ3v) is 3.31. The molecule has 0 amide bonds. The number of rotatable bonds is 2. The van der Waals surface area contributed by atoms with Crippen molar-refractivity contribution < 1.29 is 9.90 Å². The number of pyridine rings is 1. The van der Waals surface area contributed by atoms with E-state index in [2.05, 4.69) is 15.2 Å². The lowest BCUT2D eigenvalue weighted by molar-refractivity contribution is 0.0697. The van der Waals surface area contributed by atoms with E-state index in [9.17, 15) is 9.90 Å². The van der Waals surface area contributed by atoms with Crippen molar-refractivity contribution in [3.8, 4) is 11.1 Å². The summed E-state index contributed by atoms with van der Waals surface area (Å²) < 4.78 is 0. The van der Waals surface area contributed by atoms with Crippen LogP contribution in [0, 0.1) is 0 Å². The minimum Gasteiger partial charge on any atom is -0.478 e. The van der Waals surface area contributed by atoms with Gasteiger partial charge in [-0.3, -0.25) is 4.98 Å². The molecule has 6 nitrogen and oxygen atoms in total. The van der Waals surface area contributed by atoms with Gasteiger partial charge in [0.2, 0.25) is 0 Å². The number of anilines is 1. The normalized spacial score (nSPS) is 10.7. The standard InChI is InChI=1S/C14H9ClN4O2/c15-11-4-7(3-8-5-12(16)18-19-13(8)11)10-6-17-2-1-9(10)14(20)21/h1-6H,(H2,16,18)(H,20,21). The van der Waals surface area contributed by atoms with Crippen LogP contribution in [0.2, 0.25) is 5.02 Å². The van der Waals surface area contributed by atoms with Crippen LogP contribution >= 0.6 is 11.6 Å². The maximum atomic E-state index is 11.3.